The summed E-state index contributed by atoms with van der Waals surface area (Å²) < 4.78 is 6.43. The Hall–Kier alpha value is -3.20. The molecular weight excluding hydrogens is 440 g/mol. The second-order valence-corrected chi connectivity index (χ2v) is 6.78. The third kappa shape index (κ3) is 7.38. The maximum absolute atomic E-state index is 12.0. The molecule has 0 bridgehead atoms. The van der Waals surface area contributed by atoms with E-state index in [0.29, 0.717) is 23.5 Å². The van der Waals surface area contributed by atoms with Gasteiger partial charge in [-0.2, -0.15) is 5.10 Å². The number of carbonyl (C=O) groups is 3. The third-order valence-corrected chi connectivity index (χ3v) is 4.50. The van der Waals surface area contributed by atoms with Gasteiger partial charge in [-0.1, -0.05) is 15.9 Å². The zero-order valence-corrected chi connectivity index (χ0v) is 17.6. The van der Waals surface area contributed by atoms with Crippen molar-refractivity contribution in [3.05, 3.63) is 58.1 Å². The van der Waals surface area contributed by atoms with Crippen LogP contribution in [0.25, 0.3) is 0 Å². The zero-order chi connectivity index (χ0) is 21.2. The summed E-state index contributed by atoms with van der Waals surface area (Å²) in [4.78, 5) is 34.7. The van der Waals surface area contributed by atoms with Crippen molar-refractivity contribution in [2.45, 2.75) is 13.8 Å². The topological polar surface area (TPSA) is 109 Å². The van der Waals surface area contributed by atoms with Crippen LogP contribution in [0.4, 0.5) is 5.69 Å². The molecule has 8 nitrogen and oxygen atoms in total. The van der Waals surface area contributed by atoms with Crippen LogP contribution in [-0.2, 0) is 14.4 Å². The van der Waals surface area contributed by atoms with Gasteiger partial charge in [0, 0.05) is 16.7 Å². The van der Waals surface area contributed by atoms with Crippen molar-refractivity contribution in [3.8, 4) is 5.75 Å². The minimum atomic E-state index is -0.838. The van der Waals surface area contributed by atoms with E-state index in [1.54, 1.807) is 37.3 Å². The molecule has 2 aromatic rings. The van der Waals surface area contributed by atoms with Crippen LogP contribution in [0.5, 0.6) is 5.75 Å². The number of anilines is 1. The molecule has 9 heteroatoms. The fraction of sp³-hybridized carbons (Fsp3) is 0.200. The SMILES string of the molecule is CCNC(=O)C(=O)N/N=C\c1ccc(OCC(=O)Nc2ccc(Br)c(C)c2)cc1. The Balaban J connectivity index is 1.80. The number of nitrogens with one attached hydrogen (secondary N) is 3. The van der Waals surface area contributed by atoms with Gasteiger partial charge in [-0.05, 0) is 67.4 Å². The molecular formula is C20H21BrN4O4. The lowest BCUT2D eigenvalue weighted by Gasteiger charge is -2.09. The maximum atomic E-state index is 12.0. The average Bonchev–Trinajstić information content (AvgIpc) is 2.70. The summed E-state index contributed by atoms with van der Waals surface area (Å²) in [6, 6.07) is 12.3. The van der Waals surface area contributed by atoms with Crippen LogP contribution in [0.15, 0.2) is 52.0 Å². The van der Waals surface area contributed by atoms with Gasteiger partial charge in [-0.25, -0.2) is 5.43 Å². The highest BCUT2D eigenvalue weighted by Crippen LogP contribution is 2.20. The largest absolute Gasteiger partial charge is 0.484 e. The van der Waals surface area contributed by atoms with Gasteiger partial charge in [0.25, 0.3) is 5.91 Å². The van der Waals surface area contributed by atoms with E-state index < -0.39 is 11.8 Å². The van der Waals surface area contributed by atoms with Crippen LogP contribution in [-0.4, -0.2) is 37.1 Å². The fourth-order valence-corrected chi connectivity index (χ4v) is 2.42. The van der Waals surface area contributed by atoms with Gasteiger partial charge in [0.05, 0.1) is 6.21 Å². The molecule has 0 heterocycles. The van der Waals surface area contributed by atoms with Crippen LogP contribution in [0.1, 0.15) is 18.1 Å². The van der Waals surface area contributed by atoms with Crippen LogP contribution in [0.3, 0.4) is 0 Å². The van der Waals surface area contributed by atoms with Crippen molar-refractivity contribution in [3.63, 3.8) is 0 Å². The maximum Gasteiger partial charge on any atom is 0.329 e. The lowest BCUT2D eigenvalue weighted by Crippen LogP contribution is -2.37. The number of nitrogens with zero attached hydrogens (tertiary/aromatic N) is 1. The molecule has 29 heavy (non-hydrogen) atoms. The molecule has 0 aliphatic rings. The average molecular weight is 461 g/mol. The highest BCUT2D eigenvalue weighted by atomic mass is 79.9. The van der Waals surface area contributed by atoms with E-state index in [2.05, 4.69) is 37.1 Å². The summed E-state index contributed by atoms with van der Waals surface area (Å²) in [6.07, 6.45) is 1.39. The zero-order valence-electron chi connectivity index (χ0n) is 16.0. The molecule has 152 valence electrons. The minimum absolute atomic E-state index is 0.134. The molecule has 0 aliphatic carbocycles. The molecule has 0 aliphatic heterocycles. The molecule has 0 spiro atoms. The Labute approximate surface area is 176 Å². The highest BCUT2D eigenvalue weighted by molar-refractivity contribution is 9.10. The third-order valence-electron chi connectivity index (χ3n) is 3.62. The summed E-state index contributed by atoms with van der Waals surface area (Å²) >= 11 is 3.41. The molecule has 2 rings (SSSR count). The van der Waals surface area contributed by atoms with Crippen molar-refractivity contribution in [2.24, 2.45) is 5.10 Å². The Morgan fingerprint density at radius 1 is 1.10 bits per heavy atom. The molecule has 2 aromatic carbocycles. The quantitative estimate of drug-likeness (QED) is 0.334. The van der Waals surface area contributed by atoms with Crippen molar-refractivity contribution in [2.75, 3.05) is 18.5 Å². The predicted octanol–water partition coefficient (Wildman–Crippen LogP) is 2.36. The van der Waals surface area contributed by atoms with Gasteiger partial charge in [0.15, 0.2) is 6.61 Å². The first-order chi connectivity index (χ1) is 13.9. The molecule has 0 saturated carbocycles. The fourth-order valence-electron chi connectivity index (χ4n) is 2.18. The van der Waals surface area contributed by atoms with Gasteiger partial charge < -0.3 is 15.4 Å². The smallest absolute Gasteiger partial charge is 0.329 e. The van der Waals surface area contributed by atoms with Crippen molar-refractivity contribution < 1.29 is 19.1 Å². The number of halogens is 1. The number of ether oxygens (including phenoxy) is 1. The van der Waals surface area contributed by atoms with E-state index in [4.69, 9.17) is 4.74 Å². The van der Waals surface area contributed by atoms with E-state index in [0.717, 1.165) is 10.0 Å². The molecule has 0 radical (unpaired) electrons. The number of hydrogen-bond donors (Lipinski definition) is 3. The first-order valence-corrected chi connectivity index (χ1v) is 9.58. The molecule has 0 aromatic heterocycles. The number of aryl methyl sites for hydroxylation is 1. The van der Waals surface area contributed by atoms with Crippen LogP contribution in [0.2, 0.25) is 0 Å². The second kappa shape index (κ2) is 11.0. The Kier molecular flexibility index (Phi) is 8.35. The summed E-state index contributed by atoms with van der Waals surface area (Å²) in [5, 5.41) is 8.85. The number of rotatable bonds is 7. The van der Waals surface area contributed by atoms with Crippen molar-refractivity contribution >= 4 is 45.6 Å². The van der Waals surface area contributed by atoms with E-state index in [9.17, 15) is 14.4 Å². The summed E-state index contributed by atoms with van der Waals surface area (Å²) in [5.41, 5.74) is 4.53. The normalized spacial score (nSPS) is 10.4. The monoisotopic (exact) mass is 460 g/mol. The van der Waals surface area contributed by atoms with Crippen molar-refractivity contribution in [1.82, 2.24) is 10.7 Å². The van der Waals surface area contributed by atoms with Gasteiger partial charge >= 0.3 is 11.8 Å². The molecule has 0 unspecified atom stereocenters. The van der Waals surface area contributed by atoms with E-state index in [-0.39, 0.29) is 12.5 Å². The summed E-state index contributed by atoms with van der Waals surface area (Å²) in [5.74, 6) is -1.35. The lowest BCUT2D eigenvalue weighted by atomic mass is 10.2. The summed E-state index contributed by atoms with van der Waals surface area (Å²) in [6.45, 7) is 3.87. The van der Waals surface area contributed by atoms with Gasteiger partial charge in [-0.15, -0.1) is 0 Å². The molecule has 0 saturated heterocycles. The second-order valence-electron chi connectivity index (χ2n) is 5.93. The van der Waals surface area contributed by atoms with Gasteiger partial charge in [0.2, 0.25) is 0 Å². The van der Waals surface area contributed by atoms with E-state index in [1.165, 1.54) is 6.21 Å². The van der Waals surface area contributed by atoms with Crippen molar-refractivity contribution in [1.29, 1.82) is 0 Å². The van der Waals surface area contributed by atoms with E-state index in [1.807, 2.05) is 19.1 Å². The minimum Gasteiger partial charge on any atom is -0.484 e. The van der Waals surface area contributed by atoms with Gasteiger partial charge in [0.1, 0.15) is 5.75 Å². The lowest BCUT2D eigenvalue weighted by molar-refractivity contribution is -0.139. The Morgan fingerprint density at radius 3 is 2.48 bits per heavy atom. The first-order valence-electron chi connectivity index (χ1n) is 8.79. The number of amides is 3. The standard InChI is InChI=1S/C20H21BrN4O4/c1-3-22-19(27)20(28)25-23-11-14-4-7-16(8-5-14)29-12-18(26)24-15-6-9-17(21)13(2)10-15/h4-11H,3,12H2,1-2H3,(H,22,27)(H,24,26)(H,25,28)/b23-11-. The molecule has 0 atom stereocenters. The van der Waals surface area contributed by atoms with Crippen LogP contribution < -0.4 is 20.8 Å². The number of hydrogen-bond acceptors (Lipinski definition) is 5. The van der Waals surface area contributed by atoms with Gasteiger partial charge in [-0.3, -0.25) is 14.4 Å². The summed E-state index contributed by atoms with van der Waals surface area (Å²) in [7, 11) is 0. The number of carbonyl (C=O) groups excluding carboxylic acids is 3. The number of likely N-dealkylation sites (N-methyl/N-ethyl adjacent to an activating group) is 1. The number of benzene rings is 2. The molecule has 3 N–H and O–H groups in total. The predicted molar refractivity (Wildman–Crippen MR) is 114 cm³/mol. The Morgan fingerprint density at radius 2 is 1.83 bits per heavy atom. The van der Waals surface area contributed by atoms with Crippen LogP contribution >= 0.6 is 15.9 Å². The van der Waals surface area contributed by atoms with Crippen LogP contribution in [0, 0.1) is 6.92 Å². The highest BCUT2D eigenvalue weighted by Gasteiger charge is 2.10. The first kappa shape index (κ1) is 22.1. The Bertz CT molecular complexity index is 913. The molecule has 0 fully saturated rings. The van der Waals surface area contributed by atoms with E-state index >= 15 is 0 Å². The molecule has 3 amide bonds. The number of hydrazone groups is 1.